The molecule has 4 heterocycles. The lowest BCUT2D eigenvalue weighted by molar-refractivity contribution is 0.332. The summed E-state index contributed by atoms with van der Waals surface area (Å²) in [5, 5.41) is 13.9. The second-order valence-corrected chi connectivity index (χ2v) is 9.06. The molecular formula is C24H23F2N5O2. The monoisotopic (exact) mass is 451 g/mol. The van der Waals surface area contributed by atoms with Crippen LogP contribution in [-0.2, 0) is 0 Å². The van der Waals surface area contributed by atoms with Gasteiger partial charge in [0.15, 0.2) is 23.0 Å². The van der Waals surface area contributed by atoms with Crippen molar-refractivity contribution in [1.82, 2.24) is 20.3 Å². The van der Waals surface area contributed by atoms with Gasteiger partial charge >= 0.3 is 0 Å². The third-order valence-corrected chi connectivity index (χ3v) is 6.64. The van der Waals surface area contributed by atoms with Crippen molar-refractivity contribution in [3.63, 3.8) is 0 Å². The minimum atomic E-state index is -0.826. The van der Waals surface area contributed by atoms with Crippen molar-refractivity contribution in [2.24, 2.45) is 0 Å². The molecule has 1 atom stereocenters. The number of anilines is 1. The van der Waals surface area contributed by atoms with Crippen molar-refractivity contribution < 1.29 is 18.3 Å². The van der Waals surface area contributed by atoms with Crippen LogP contribution >= 0.6 is 0 Å². The van der Waals surface area contributed by atoms with Crippen LogP contribution in [0.5, 0.6) is 5.75 Å². The topological polar surface area (TPSA) is 87.3 Å². The first kappa shape index (κ1) is 20.3. The fraction of sp³-hybridized carbons (Fsp3) is 0.375. The number of fused-ring (bicyclic) bond motifs is 2. The van der Waals surface area contributed by atoms with E-state index < -0.39 is 11.6 Å². The van der Waals surface area contributed by atoms with E-state index in [-0.39, 0.29) is 34.9 Å². The lowest BCUT2D eigenvalue weighted by atomic mass is 10.1. The fourth-order valence-corrected chi connectivity index (χ4v) is 4.63. The molecule has 33 heavy (non-hydrogen) atoms. The van der Waals surface area contributed by atoms with E-state index in [2.05, 4.69) is 20.2 Å². The average Bonchev–Trinajstić information content (AvgIpc) is 3.25. The molecule has 170 valence electrons. The Kier molecular flexibility index (Phi) is 4.52. The van der Waals surface area contributed by atoms with Gasteiger partial charge in [-0.3, -0.25) is 0 Å². The van der Waals surface area contributed by atoms with Gasteiger partial charge < -0.3 is 19.7 Å². The van der Waals surface area contributed by atoms with Crippen molar-refractivity contribution >= 4 is 28.0 Å². The molecular weight excluding hydrogens is 428 g/mol. The molecule has 9 heteroatoms. The fourth-order valence-electron chi connectivity index (χ4n) is 4.63. The molecule has 7 nitrogen and oxygen atoms in total. The number of oxazole rings is 1. The lowest BCUT2D eigenvalue weighted by Crippen LogP contribution is -2.43. The number of alkyl halides is 1. The van der Waals surface area contributed by atoms with Crippen molar-refractivity contribution in [3.8, 4) is 17.0 Å². The number of aromatic nitrogens is 3. The maximum Gasteiger partial charge on any atom is 0.195 e. The van der Waals surface area contributed by atoms with E-state index in [1.165, 1.54) is 0 Å². The summed E-state index contributed by atoms with van der Waals surface area (Å²) in [5.41, 5.74) is 1.94. The molecule has 0 amide bonds. The summed E-state index contributed by atoms with van der Waals surface area (Å²) in [6, 6.07) is 9.10. The maximum atomic E-state index is 14.6. The zero-order valence-corrected chi connectivity index (χ0v) is 18.1. The number of aryl methyl sites for hydroxylation is 1. The van der Waals surface area contributed by atoms with E-state index in [9.17, 15) is 13.9 Å². The van der Waals surface area contributed by atoms with Gasteiger partial charge in [-0.25, -0.2) is 23.7 Å². The zero-order chi connectivity index (χ0) is 22.7. The molecule has 1 saturated heterocycles. The lowest BCUT2D eigenvalue weighted by Gasteiger charge is -2.21. The predicted octanol–water partition coefficient (Wildman–Crippen LogP) is 4.26. The average molecular weight is 451 g/mol. The highest BCUT2D eigenvalue weighted by Gasteiger charge is 2.45. The number of benzene rings is 1. The molecule has 0 radical (unpaired) electrons. The third kappa shape index (κ3) is 3.47. The molecule has 1 unspecified atom stereocenters. The summed E-state index contributed by atoms with van der Waals surface area (Å²) in [5.74, 6) is -0.170. The van der Waals surface area contributed by atoms with E-state index in [1.54, 1.807) is 19.1 Å². The van der Waals surface area contributed by atoms with E-state index in [0.717, 1.165) is 38.2 Å². The van der Waals surface area contributed by atoms with Crippen LogP contribution in [0.1, 0.15) is 25.2 Å². The maximum absolute atomic E-state index is 14.6. The molecule has 6 rings (SSSR count). The quantitative estimate of drug-likeness (QED) is 0.469. The summed E-state index contributed by atoms with van der Waals surface area (Å²) >= 11 is 0. The number of hydrogen-bond acceptors (Lipinski definition) is 7. The molecule has 1 aromatic carbocycles. The Morgan fingerprint density at radius 1 is 1.18 bits per heavy atom. The van der Waals surface area contributed by atoms with Crippen LogP contribution in [0.25, 0.3) is 33.4 Å². The van der Waals surface area contributed by atoms with Gasteiger partial charge in [-0.15, -0.1) is 0 Å². The summed E-state index contributed by atoms with van der Waals surface area (Å²) in [7, 11) is 0. The first-order valence-electron chi connectivity index (χ1n) is 11.1. The number of nitrogens with zero attached hydrogens (tertiary/aromatic N) is 4. The van der Waals surface area contributed by atoms with Gasteiger partial charge in [0, 0.05) is 37.2 Å². The van der Waals surface area contributed by atoms with Gasteiger partial charge in [-0.05, 0) is 49.6 Å². The SMILES string of the molecule is Cc1nc2c(F)c(O)c(-c3ccc4nc(N5CCC(NC6(CF)CC6)C5)ccc4n3)cc2o1. The molecule has 0 bridgehead atoms. The van der Waals surface area contributed by atoms with E-state index in [1.807, 2.05) is 18.2 Å². The van der Waals surface area contributed by atoms with Crippen molar-refractivity contribution in [3.05, 3.63) is 42.0 Å². The van der Waals surface area contributed by atoms with Gasteiger partial charge in [-0.2, -0.15) is 0 Å². The number of aromatic hydroxyl groups is 1. The first-order chi connectivity index (χ1) is 15.9. The summed E-state index contributed by atoms with van der Waals surface area (Å²) in [6.07, 6.45) is 2.77. The Morgan fingerprint density at radius 3 is 2.76 bits per heavy atom. The molecule has 2 N–H and O–H groups in total. The molecule has 2 fully saturated rings. The number of halogens is 2. The van der Waals surface area contributed by atoms with Crippen LogP contribution in [-0.4, -0.2) is 51.4 Å². The van der Waals surface area contributed by atoms with Crippen LogP contribution in [0.3, 0.4) is 0 Å². The number of nitrogens with one attached hydrogen (secondary N) is 1. The van der Waals surface area contributed by atoms with Crippen LogP contribution in [0.4, 0.5) is 14.6 Å². The van der Waals surface area contributed by atoms with Crippen LogP contribution in [0, 0.1) is 12.7 Å². The van der Waals surface area contributed by atoms with E-state index in [0.29, 0.717) is 22.6 Å². The van der Waals surface area contributed by atoms with Gasteiger partial charge in [0.25, 0.3) is 0 Å². The molecule has 1 aliphatic carbocycles. The minimum absolute atomic E-state index is 0.00150. The summed E-state index contributed by atoms with van der Waals surface area (Å²) in [4.78, 5) is 15.5. The number of pyridine rings is 2. The molecule has 4 aromatic rings. The molecule has 1 aliphatic heterocycles. The molecule has 0 spiro atoms. The van der Waals surface area contributed by atoms with Crippen molar-refractivity contribution in [2.45, 2.75) is 37.8 Å². The zero-order valence-electron chi connectivity index (χ0n) is 18.1. The van der Waals surface area contributed by atoms with Gasteiger partial charge in [0.1, 0.15) is 18.0 Å². The van der Waals surface area contributed by atoms with Crippen molar-refractivity contribution in [2.75, 3.05) is 24.7 Å². The highest BCUT2D eigenvalue weighted by molar-refractivity contribution is 5.87. The predicted molar refractivity (Wildman–Crippen MR) is 121 cm³/mol. The van der Waals surface area contributed by atoms with E-state index in [4.69, 9.17) is 9.40 Å². The normalized spacial score (nSPS) is 19.6. The van der Waals surface area contributed by atoms with Gasteiger partial charge in [-0.1, -0.05) is 0 Å². The second-order valence-electron chi connectivity index (χ2n) is 9.06. The largest absolute Gasteiger partial charge is 0.504 e. The molecule has 1 saturated carbocycles. The van der Waals surface area contributed by atoms with Crippen LogP contribution < -0.4 is 10.2 Å². The standard InChI is InChI=1S/C24H23F2N5O2/c1-13-27-22-19(33-13)10-15(23(32)21(22)26)16-2-3-18-17(28-16)4-5-20(29-18)31-9-6-14(11-31)30-24(12-25)7-8-24/h2-5,10,14,30,32H,6-9,11-12H2,1H3. The summed E-state index contributed by atoms with van der Waals surface area (Å²) < 4.78 is 33.3. The highest BCUT2D eigenvalue weighted by atomic mass is 19.1. The Morgan fingerprint density at radius 2 is 1.97 bits per heavy atom. The number of phenolic OH excluding ortho intramolecular Hbond substituents is 1. The second kappa shape index (κ2) is 7.34. The number of phenols is 1. The number of hydrogen-bond donors (Lipinski definition) is 2. The Hall–Kier alpha value is -3.33. The van der Waals surface area contributed by atoms with Crippen molar-refractivity contribution in [1.29, 1.82) is 0 Å². The summed E-state index contributed by atoms with van der Waals surface area (Å²) in [6.45, 7) is 2.95. The van der Waals surface area contributed by atoms with Crippen LogP contribution in [0.2, 0.25) is 0 Å². The first-order valence-corrected chi connectivity index (χ1v) is 11.1. The third-order valence-electron chi connectivity index (χ3n) is 6.64. The molecule has 2 aliphatic rings. The minimum Gasteiger partial charge on any atom is -0.504 e. The van der Waals surface area contributed by atoms with Crippen LogP contribution in [0.15, 0.2) is 34.7 Å². The smallest absolute Gasteiger partial charge is 0.195 e. The number of rotatable bonds is 5. The Balaban J connectivity index is 1.28. The Bertz CT molecular complexity index is 1380. The van der Waals surface area contributed by atoms with E-state index >= 15 is 0 Å². The van der Waals surface area contributed by atoms with Gasteiger partial charge in [0.05, 0.1) is 16.7 Å². The van der Waals surface area contributed by atoms with Gasteiger partial charge in [0.2, 0.25) is 0 Å². The highest BCUT2D eigenvalue weighted by Crippen LogP contribution is 2.38. The molecule has 3 aromatic heterocycles. The Labute approximate surface area is 188 Å².